The van der Waals surface area contributed by atoms with Crippen molar-refractivity contribution in [3.8, 4) is 0 Å². The topological polar surface area (TPSA) is 395 Å². The summed E-state index contributed by atoms with van der Waals surface area (Å²) in [6.45, 7) is 19.6. The zero-order chi connectivity index (χ0) is 74.8. The number of imidazole rings is 3. The van der Waals surface area contributed by atoms with Crippen LogP contribution in [-0.4, -0.2) is 175 Å². The monoisotopic (exact) mass is 1580 g/mol. The van der Waals surface area contributed by atoms with Gasteiger partial charge in [-0.25, -0.2) is 77.2 Å². The number of rotatable bonds is 30. The number of anilines is 1. The number of nitrogens with zero attached hydrogens (tertiary/aromatic N) is 24. The van der Waals surface area contributed by atoms with Gasteiger partial charge in [-0.2, -0.15) is 39.5 Å². The van der Waals surface area contributed by atoms with Crippen molar-refractivity contribution in [3.05, 3.63) is 180 Å². The number of fused-ring (bicyclic) bond motifs is 3. The molecule has 0 saturated carbocycles. The van der Waals surface area contributed by atoms with Gasteiger partial charge in [0.05, 0.1) is 42.7 Å². The van der Waals surface area contributed by atoms with Gasteiger partial charge in [-0.1, -0.05) is 92.8 Å². The normalized spacial score (nSPS) is 11.3. The van der Waals surface area contributed by atoms with Gasteiger partial charge in [-0.05, 0) is 71.8 Å². The second-order valence-electron chi connectivity index (χ2n) is 23.5. The molecule has 12 heterocycles. The van der Waals surface area contributed by atoms with Crippen molar-refractivity contribution in [2.24, 2.45) is 21.1 Å². The predicted molar refractivity (Wildman–Crippen MR) is 405 cm³/mol. The third-order valence-corrected chi connectivity index (χ3v) is 25.4. The predicted octanol–water partition coefficient (Wildman–Crippen LogP) is 3.31. The summed E-state index contributed by atoms with van der Waals surface area (Å²) < 4.78 is 18.8. The van der Waals surface area contributed by atoms with E-state index in [1.165, 1.54) is 85.0 Å². The molecule has 34 nitrogen and oxygen atoms in total. The van der Waals surface area contributed by atoms with E-state index in [1.807, 2.05) is 58.8 Å². The van der Waals surface area contributed by atoms with Crippen LogP contribution in [0.25, 0.3) is 16.9 Å². The molecule has 12 aromatic rings. The van der Waals surface area contributed by atoms with Gasteiger partial charge in [0, 0.05) is 96.6 Å². The van der Waals surface area contributed by atoms with E-state index in [0.29, 0.717) is 37.0 Å². The van der Waals surface area contributed by atoms with Crippen LogP contribution in [-0.2, 0) is 64.8 Å². The lowest BCUT2D eigenvalue weighted by atomic mass is 10.2. The molecule has 0 radical (unpaired) electrons. The molecule has 552 valence electrons. The molecule has 105 heavy (non-hydrogen) atoms. The van der Waals surface area contributed by atoms with Crippen molar-refractivity contribution in [2.45, 2.75) is 101 Å². The van der Waals surface area contributed by atoms with Crippen LogP contribution in [0.15, 0.2) is 68.5 Å². The minimum Gasteiger partial charge on any atom is -0.460 e. The van der Waals surface area contributed by atoms with Gasteiger partial charge in [0.25, 0.3) is 11.8 Å². The first-order chi connectivity index (χ1) is 50.5. The van der Waals surface area contributed by atoms with Crippen molar-refractivity contribution in [3.63, 3.8) is 0 Å². The number of nitrogens with one attached hydrogen (secondary N) is 2. The number of thioether (sulfide) groups is 1. The summed E-state index contributed by atoms with van der Waals surface area (Å²) in [5, 5.41) is 28.4. The first-order valence-electron chi connectivity index (χ1n) is 32.7. The van der Waals surface area contributed by atoms with Gasteiger partial charge in [0.1, 0.15) is 48.9 Å². The highest BCUT2D eigenvalue weighted by Crippen LogP contribution is 2.26. The number of thiazole rings is 3. The van der Waals surface area contributed by atoms with Gasteiger partial charge in [0.15, 0.2) is 70.7 Å². The number of carbonyl (C=O) groups is 3. The molecule has 0 spiro atoms. The van der Waals surface area contributed by atoms with Gasteiger partial charge in [-0.15, -0.1) is 15.3 Å². The Kier molecular flexibility index (Phi) is 27.9. The summed E-state index contributed by atoms with van der Waals surface area (Å²) in [6, 6.07) is 0. The van der Waals surface area contributed by atoms with E-state index in [0.717, 1.165) is 121 Å². The zero-order valence-corrected chi connectivity index (χ0v) is 66.0. The molecule has 0 atom stereocenters. The highest BCUT2D eigenvalue weighted by atomic mass is 33.1. The number of hydrogen-bond acceptors (Lipinski definition) is 31. The fourth-order valence-corrected chi connectivity index (χ4v) is 18.1. The van der Waals surface area contributed by atoms with Crippen molar-refractivity contribution >= 4 is 129 Å². The highest BCUT2D eigenvalue weighted by molar-refractivity contribution is 8.77. The van der Waals surface area contributed by atoms with Gasteiger partial charge in [0.2, 0.25) is 16.5 Å². The summed E-state index contributed by atoms with van der Waals surface area (Å²) >= 11 is 7.14. The summed E-state index contributed by atoms with van der Waals surface area (Å²) in [7, 11) is 11.3. The number of nitrogens with two attached hydrogens (primary N) is 1. The Labute approximate surface area is 633 Å². The lowest BCUT2D eigenvalue weighted by Crippen LogP contribution is -2.35. The molecule has 0 unspecified atom stereocenters. The number of esters is 1. The van der Waals surface area contributed by atoms with Gasteiger partial charge < -0.3 is 21.1 Å². The molecule has 0 aliphatic carbocycles. The summed E-state index contributed by atoms with van der Waals surface area (Å²) in [5.74, 6) is 6.70. The van der Waals surface area contributed by atoms with Crippen LogP contribution in [0.3, 0.4) is 0 Å². The Morgan fingerprint density at radius 1 is 0.486 bits per heavy atom. The maximum absolute atomic E-state index is 12.4. The number of hydrogen-bond donors (Lipinski definition) is 3. The maximum atomic E-state index is 12.4. The number of ether oxygens (including phenoxy) is 1. The third-order valence-electron chi connectivity index (χ3n) is 16.1. The lowest BCUT2D eigenvalue weighted by Gasteiger charge is -2.04. The van der Waals surface area contributed by atoms with Crippen molar-refractivity contribution in [1.29, 1.82) is 0 Å². The maximum Gasteiger partial charge on any atom is 0.361 e. The van der Waals surface area contributed by atoms with Crippen LogP contribution in [0.4, 0.5) is 5.82 Å². The van der Waals surface area contributed by atoms with Crippen molar-refractivity contribution in [2.75, 3.05) is 59.9 Å². The van der Waals surface area contributed by atoms with Crippen LogP contribution in [0.5, 0.6) is 0 Å². The second-order valence-corrected chi connectivity index (χ2v) is 32.9. The van der Waals surface area contributed by atoms with E-state index in [4.69, 9.17) is 10.5 Å². The van der Waals surface area contributed by atoms with Crippen molar-refractivity contribution < 1.29 is 32.8 Å². The molecule has 4 N–H and O–H groups in total. The SMILES string of the molecule is Cc1ncc(C[n+]2csc(CCSCCCNC(=O)c3ncn4c(=O)n(C)nnc34)c2C)c(N)n1.Cc1ncc(C[n+]2csc(CCSSCCNC(=O)c3ncn4c(=O)n(C)nnc34)c2C)c(C)n1.Cc1ncc(C[n+]2csc(CCSSCCOC(=O)c3ncn4c(=O)n(C)nnc34)c2C)c(C)n1. The Morgan fingerprint density at radius 3 is 1.33 bits per heavy atom. The van der Waals surface area contributed by atoms with Gasteiger partial charge >= 0.3 is 23.0 Å². The van der Waals surface area contributed by atoms with Crippen LogP contribution >= 0.6 is 88.9 Å². The molecule has 12 aromatic heterocycles. The van der Waals surface area contributed by atoms with E-state index in [-0.39, 0.29) is 52.4 Å². The Bertz CT molecular complexity index is 4750. The first-order valence-corrected chi connectivity index (χ1v) is 41.5. The largest absolute Gasteiger partial charge is 0.460 e. The minimum atomic E-state index is -0.617. The average molecular weight is 1580 g/mol. The second kappa shape index (κ2) is 37.3. The molecule has 0 bridgehead atoms. The molecule has 0 fully saturated rings. The number of aromatic nitrogens is 24. The minimum absolute atomic E-state index is 0.0123. The standard InChI is InChI=1S/C21H26N10O2S2.C21H25N9O2S3.C21H25N8O3S3/c1-13-16(35-12-30(13)10-15-9-24-14(2)26-18(15)22)5-8-34-7-4-6-23-20(32)17-19-27-28-29(3)21(33)31(19)11-25-17;1-13-16(9-23-15(3)25-13)10-29-12-33-17(14(29)2)5-7-34-35-8-6-22-20(31)18-19-26-27-28(4)21(32)30(19)11-24-18;1-13-16(9-22-15(3)24-13)10-28-12-33-17(14(28)2)5-7-34-35-8-6-32-20(30)18-19-25-26-27(4)21(31)29(19)11-23-18/h9,11-12H,4-8,10H2,1-3H3,(H2-,22,23,24,26,32);2*9,11-12H,5-8,10H2,1-4H3/q;;+1/p+2. The molecule has 12 rings (SSSR count). The molecule has 2 amide bonds. The number of aryl methyl sites for hydroxylation is 11. The molecule has 0 saturated heterocycles. The molecule has 42 heteroatoms. The van der Waals surface area contributed by atoms with Crippen LogP contribution in [0.1, 0.15) is 115 Å². The van der Waals surface area contributed by atoms with E-state index < -0.39 is 23.0 Å². The fourth-order valence-electron chi connectivity index (χ4n) is 10.1. The van der Waals surface area contributed by atoms with Gasteiger partial charge in [-0.3, -0.25) is 9.59 Å². The summed E-state index contributed by atoms with van der Waals surface area (Å²) in [6.07, 6.45) is 13.2. The highest BCUT2D eigenvalue weighted by Gasteiger charge is 2.24. The van der Waals surface area contributed by atoms with E-state index >= 15 is 0 Å². The third kappa shape index (κ3) is 20.3. The van der Waals surface area contributed by atoms with Crippen LogP contribution < -0.4 is 47.1 Å². The summed E-state index contributed by atoms with van der Waals surface area (Å²) in [4.78, 5) is 115. The Hall–Kier alpha value is -9.07. The van der Waals surface area contributed by atoms with Crippen LogP contribution in [0.2, 0.25) is 0 Å². The summed E-state index contributed by atoms with van der Waals surface area (Å²) in [5.41, 5.74) is 20.8. The fraction of sp³-hybridized carbons (Fsp3) is 0.429. The molecular formula is C63H78N27O7S8+3. The first kappa shape index (κ1) is 78.5. The van der Waals surface area contributed by atoms with E-state index in [2.05, 4.69) is 137 Å². The van der Waals surface area contributed by atoms with Crippen LogP contribution in [0, 0.1) is 55.4 Å². The number of amides is 2. The molecule has 0 aliphatic rings. The Balaban J connectivity index is 0.000000169. The number of carbonyl (C=O) groups excluding carboxylic acids is 3. The Morgan fingerprint density at radius 2 is 0.876 bits per heavy atom. The molecular weight excluding hydrogens is 1500 g/mol. The van der Waals surface area contributed by atoms with Crippen molar-refractivity contribution in [1.82, 2.24) is 114 Å². The van der Waals surface area contributed by atoms with E-state index in [1.54, 1.807) is 83.4 Å². The zero-order valence-electron chi connectivity index (χ0n) is 59.4. The van der Waals surface area contributed by atoms with E-state index in [9.17, 15) is 28.8 Å². The molecule has 0 aromatic carbocycles. The number of nitrogen functional groups attached to an aromatic ring is 1. The quantitative estimate of drug-likeness (QED) is 0.0251. The molecule has 0 aliphatic heterocycles. The average Bonchev–Trinajstić information content (AvgIpc) is 1.68. The smallest absolute Gasteiger partial charge is 0.361 e. The lowest BCUT2D eigenvalue weighted by molar-refractivity contribution is -0.689.